The maximum atomic E-state index is 13.0. The highest BCUT2D eigenvalue weighted by molar-refractivity contribution is 6.00. The minimum Gasteiger partial charge on any atom is -0.496 e. The van der Waals surface area contributed by atoms with Gasteiger partial charge < -0.3 is 14.7 Å². The molecule has 2 heterocycles. The molecule has 1 atom stereocenters. The predicted octanol–water partition coefficient (Wildman–Crippen LogP) is 2.03. The molecular formula is C18H21N3O4. The van der Waals surface area contributed by atoms with Crippen LogP contribution in [0.4, 0.5) is 0 Å². The number of carbonyl (C=O) groups is 2. The van der Waals surface area contributed by atoms with E-state index in [-0.39, 0.29) is 12.5 Å². The summed E-state index contributed by atoms with van der Waals surface area (Å²) in [5.41, 5.74) is 1.74. The molecule has 1 aromatic carbocycles. The van der Waals surface area contributed by atoms with Crippen molar-refractivity contribution in [2.45, 2.75) is 12.8 Å². The minimum absolute atomic E-state index is 0.194. The Morgan fingerprint density at radius 1 is 1.32 bits per heavy atom. The second-order valence-electron chi connectivity index (χ2n) is 6.19. The highest BCUT2D eigenvalue weighted by Gasteiger charge is 2.31. The lowest BCUT2D eigenvalue weighted by molar-refractivity contribution is -0.143. The van der Waals surface area contributed by atoms with E-state index in [0.29, 0.717) is 36.4 Å². The van der Waals surface area contributed by atoms with Crippen molar-refractivity contribution in [3.8, 4) is 17.0 Å². The Hall–Kier alpha value is -2.83. The van der Waals surface area contributed by atoms with Crippen molar-refractivity contribution in [3.63, 3.8) is 0 Å². The molecule has 0 aliphatic carbocycles. The number of hydrogen-bond acceptors (Lipinski definition) is 4. The first-order valence-corrected chi connectivity index (χ1v) is 8.20. The van der Waals surface area contributed by atoms with E-state index in [4.69, 9.17) is 4.74 Å². The average Bonchev–Trinajstić information content (AvgIpc) is 3.02. The van der Waals surface area contributed by atoms with Gasteiger partial charge in [-0.05, 0) is 25.0 Å². The van der Waals surface area contributed by atoms with Crippen LogP contribution < -0.4 is 4.74 Å². The zero-order chi connectivity index (χ0) is 18.0. The number of likely N-dealkylation sites (tertiary alicyclic amines) is 1. The molecule has 0 spiro atoms. The van der Waals surface area contributed by atoms with Crippen LogP contribution in [-0.2, 0) is 11.8 Å². The molecule has 25 heavy (non-hydrogen) atoms. The van der Waals surface area contributed by atoms with E-state index < -0.39 is 11.9 Å². The smallest absolute Gasteiger partial charge is 0.308 e. The van der Waals surface area contributed by atoms with Crippen molar-refractivity contribution in [1.82, 2.24) is 14.7 Å². The van der Waals surface area contributed by atoms with Crippen LogP contribution >= 0.6 is 0 Å². The SMILES string of the molecule is COc1ccccc1-c1nn(C)cc1C(=O)N1CCCC(C(=O)O)C1. The van der Waals surface area contributed by atoms with Crippen molar-refractivity contribution in [2.24, 2.45) is 13.0 Å². The largest absolute Gasteiger partial charge is 0.496 e. The monoisotopic (exact) mass is 343 g/mol. The van der Waals surface area contributed by atoms with Crippen LogP contribution in [0.15, 0.2) is 30.5 Å². The van der Waals surface area contributed by atoms with Crippen LogP contribution in [0.25, 0.3) is 11.3 Å². The molecule has 2 aromatic rings. The lowest BCUT2D eigenvalue weighted by atomic mass is 9.97. The number of aryl methyl sites for hydroxylation is 1. The molecule has 0 radical (unpaired) electrons. The molecule has 1 amide bonds. The topological polar surface area (TPSA) is 84.7 Å². The van der Waals surface area contributed by atoms with Crippen molar-refractivity contribution in [1.29, 1.82) is 0 Å². The quantitative estimate of drug-likeness (QED) is 0.918. The Kier molecular flexibility index (Phi) is 4.74. The number of carboxylic acids is 1. The first kappa shape index (κ1) is 17.0. The standard InChI is InChI=1S/C18H21N3O4/c1-20-11-14(16(19-20)13-7-3-4-8-15(13)25-2)17(22)21-9-5-6-12(10-21)18(23)24/h3-4,7-8,11-12H,5-6,9-10H2,1-2H3,(H,23,24). The number of piperidine rings is 1. The second kappa shape index (κ2) is 6.96. The van der Waals surface area contributed by atoms with Crippen LogP contribution in [-0.4, -0.2) is 51.9 Å². The predicted molar refractivity (Wildman–Crippen MR) is 91.5 cm³/mol. The normalized spacial score (nSPS) is 17.4. The van der Waals surface area contributed by atoms with Crippen molar-refractivity contribution in [2.75, 3.05) is 20.2 Å². The number of para-hydroxylation sites is 1. The number of amides is 1. The number of carboxylic acid groups (broad SMARTS) is 1. The van der Waals surface area contributed by atoms with Gasteiger partial charge in [-0.2, -0.15) is 5.10 Å². The van der Waals surface area contributed by atoms with E-state index in [1.54, 1.807) is 29.9 Å². The Morgan fingerprint density at radius 3 is 2.80 bits per heavy atom. The maximum Gasteiger partial charge on any atom is 0.308 e. The third-order valence-electron chi connectivity index (χ3n) is 4.48. The van der Waals surface area contributed by atoms with Gasteiger partial charge in [0, 0.05) is 31.9 Å². The molecule has 1 aromatic heterocycles. The molecule has 1 aliphatic heterocycles. The number of carbonyl (C=O) groups excluding carboxylic acids is 1. The van der Waals surface area contributed by atoms with E-state index in [0.717, 1.165) is 5.56 Å². The van der Waals surface area contributed by atoms with Gasteiger partial charge >= 0.3 is 5.97 Å². The summed E-state index contributed by atoms with van der Waals surface area (Å²) in [6, 6.07) is 7.39. The number of aromatic nitrogens is 2. The van der Waals surface area contributed by atoms with E-state index in [1.165, 1.54) is 0 Å². The molecule has 0 saturated carbocycles. The zero-order valence-corrected chi connectivity index (χ0v) is 14.3. The molecule has 7 nitrogen and oxygen atoms in total. The number of aliphatic carboxylic acids is 1. The summed E-state index contributed by atoms with van der Waals surface area (Å²) in [5, 5.41) is 13.7. The van der Waals surface area contributed by atoms with E-state index >= 15 is 0 Å². The molecule has 1 aliphatic rings. The van der Waals surface area contributed by atoms with Crippen molar-refractivity contribution >= 4 is 11.9 Å². The van der Waals surface area contributed by atoms with Crippen LogP contribution in [0.5, 0.6) is 5.75 Å². The van der Waals surface area contributed by atoms with Crippen molar-refractivity contribution < 1.29 is 19.4 Å². The molecule has 1 saturated heterocycles. The third-order valence-corrected chi connectivity index (χ3v) is 4.48. The number of methoxy groups -OCH3 is 1. The number of benzene rings is 1. The van der Waals surface area contributed by atoms with Gasteiger partial charge in [0.1, 0.15) is 11.4 Å². The van der Waals surface area contributed by atoms with Gasteiger partial charge in [-0.15, -0.1) is 0 Å². The van der Waals surface area contributed by atoms with Crippen LogP contribution in [0.2, 0.25) is 0 Å². The van der Waals surface area contributed by atoms with E-state index in [9.17, 15) is 14.7 Å². The summed E-state index contributed by atoms with van der Waals surface area (Å²) >= 11 is 0. The molecule has 3 rings (SSSR count). The van der Waals surface area contributed by atoms with Gasteiger partial charge in [-0.3, -0.25) is 14.3 Å². The summed E-state index contributed by atoms with van der Waals surface area (Å²) in [5.74, 6) is -0.921. The van der Waals surface area contributed by atoms with Gasteiger partial charge in [0.25, 0.3) is 5.91 Å². The van der Waals surface area contributed by atoms with Gasteiger partial charge in [-0.25, -0.2) is 0 Å². The van der Waals surface area contributed by atoms with Crippen molar-refractivity contribution in [3.05, 3.63) is 36.0 Å². The molecule has 1 fully saturated rings. The summed E-state index contributed by atoms with van der Waals surface area (Å²) in [6.07, 6.45) is 2.97. The highest BCUT2D eigenvalue weighted by Crippen LogP contribution is 2.32. The van der Waals surface area contributed by atoms with E-state index in [1.807, 2.05) is 24.3 Å². The average molecular weight is 343 g/mol. The van der Waals surface area contributed by atoms with Gasteiger partial charge in [0.15, 0.2) is 0 Å². The molecule has 132 valence electrons. The number of rotatable bonds is 4. The first-order valence-electron chi connectivity index (χ1n) is 8.20. The fraction of sp³-hybridized carbons (Fsp3) is 0.389. The Balaban J connectivity index is 1.95. The molecule has 1 unspecified atom stereocenters. The lowest BCUT2D eigenvalue weighted by Crippen LogP contribution is -2.42. The molecular weight excluding hydrogens is 322 g/mol. The Bertz CT molecular complexity index is 799. The van der Waals surface area contributed by atoms with Crippen LogP contribution in [0.3, 0.4) is 0 Å². The van der Waals surface area contributed by atoms with Gasteiger partial charge in [-0.1, -0.05) is 12.1 Å². The maximum absolute atomic E-state index is 13.0. The summed E-state index contributed by atoms with van der Waals surface area (Å²) < 4.78 is 6.98. The molecule has 0 bridgehead atoms. The van der Waals surface area contributed by atoms with E-state index in [2.05, 4.69) is 5.10 Å². The summed E-state index contributed by atoms with van der Waals surface area (Å²) in [6.45, 7) is 0.789. The molecule has 7 heteroatoms. The first-order chi connectivity index (χ1) is 12.0. The number of nitrogens with zero attached hydrogens (tertiary/aromatic N) is 3. The van der Waals surface area contributed by atoms with Crippen LogP contribution in [0, 0.1) is 5.92 Å². The second-order valence-corrected chi connectivity index (χ2v) is 6.19. The number of hydrogen-bond donors (Lipinski definition) is 1. The third kappa shape index (κ3) is 3.35. The summed E-state index contributed by atoms with van der Waals surface area (Å²) in [4.78, 5) is 25.9. The Morgan fingerprint density at radius 2 is 2.08 bits per heavy atom. The lowest BCUT2D eigenvalue weighted by Gasteiger charge is -2.30. The number of ether oxygens (including phenoxy) is 1. The fourth-order valence-corrected chi connectivity index (χ4v) is 3.22. The summed E-state index contributed by atoms with van der Waals surface area (Å²) in [7, 11) is 3.33. The highest BCUT2D eigenvalue weighted by atomic mass is 16.5. The zero-order valence-electron chi connectivity index (χ0n) is 14.3. The fourth-order valence-electron chi connectivity index (χ4n) is 3.22. The van der Waals surface area contributed by atoms with Gasteiger partial charge in [0.2, 0.25) is 0 Å². The van der Waals surface area contributed by atoms with Gasteiger partial charge in [0.05, 0.1) is 18.6 Å². The Labute approximate surface area is 145 Å². The minimum atomic E-state index is -0.853. The molecule has 1 N–H and O–H groups in total. The van der Waals surface area contributed by atoms with Crippen LogP contribution in [0.1, 0.15) is 23.2 Å².